The Bertz CT molecular complexity index is 683. The van der Waals surface area contributed by atoms with Crippen molar-refractivity contribution in [1.82, 2.24) is 0 Å². The fourth-order valence-electron chi connectivity index (χ4n) is 2.55. The lowest BCUT2D eigenvalue weighted by Gasteiger charge is -2.28. The zero-order valence-electron chi connectivity index (χ0n) is 12.6. The highest BCUT2D eigenvalue weighted by Gasteiger charge is 2.27. The fraction of sp³-hybridized carbons (Fsp3) is 0.150. The summed E-state index contributed by atoms with van der Waals surface area (Å²) in [5, 5.41) is 0. The quantitative estimate of drug-likeness (QED) is 0.822. The van der Waals surface area contributed by atoms with Gasteiger partial charge in [-0.25, -0.2) is 0 Å². The van der Waals surface area contributed by atoms with Crippen LogP contribution in [0, 0.1) is 0 Å². The van der Waals surface area contributed by atoms with Gasteiger partial charge in [0.25, 0.3) is 0 Å². The molecule has 0 saturated heterocycles. The third-order valence-corrected chi connectivity index (χ3v) is 3.85. The molecule has 0 heterocycles. The third-order valence-electron chi connectivity index (χ3n) is 3.85. The molecule has 0 unspecified atom stereocenters. The minimum atomic E-state index is -0.493. The molecule has 0 amide bonds. The zero-order valence-corrected chi connectivity index (χ0v) is 12.6. The lowest BCUT2D eigenvalue weighted by atomic mass is 9.89. The monoisotopic (exact) mass is 289 g/mol. The lowest BCUT2D eigenvalue weighted by Crippen LogP contribution is -2.25. The average Bonchev–Trinajstić information content (AvgIpc) is 2.62. The van der Waals surface area contributed by atoms with Crippen LogP contribution in [0.15, 0.2) is 90.0 Å². The van der Waals surface area contributed by atoms with E-state index in [4.69, 9.17) is 4.74 Å². The Hall–Kier alpha value is -2.45. The summed E-state index contributed by atoms with van der Waals surface area (Å²) in [6.07, 6.45) is 8.18. The van der Waals surface area contributed by atoms with Gasteiger partial charge in [-0.05, 0) is 35.4 Å². The molecule has 2 heteroatoms. The molecule has 2 nitrogen and oxygen atoms in total. The first-order valence-electron chi connectivity index (χ1n) is 7.40. The maximum atomic E-state index is 5.75. The van der Waals surface area contributed by atoms with Crippen LogP contribution in [0.4, 0.5) is 0 Å². The first-order valence-corrected chi connectivity index (χ1v) is 7.40. The van der Waals surface area contributed by atoms with Crippen LogP contribution < -0.4 is 0 Å². The molecule has 2 aromatic rings. The summed E-state index contributed by atoms with van der Waals surface area (Å²) >= 11 is 0. The van der Waals surface area contributed by atoms with Crippen molar-refractivity contribution in [2.45, 2.75) is 12.1 Å². The average molecular weight is 289 g/mol. The summed E-state index contributed by atoms with van der Waals surface area (Å²) in [6.45, 7) is 0.691. The SMILES string of the molecule is COC1(c2ccccc2)C=CC(=NCc2ccccc2)C=C1. The van der Waals surface area contributed by atoms with E-state index < -0.39 is 5.60 Å². The number of allylic oxidation sites excluding steroid dienone is 2. The Kier molecular flexibility index (Phi) is 4.31. The first kappa shape index (κ1) is 14.5. The van der Waals surface area contributed by atoms with Crippen LogP contribution in [0.3, 0.4) is 0 Å². The molecular formula is C20H19NO. The smallest absolute Gasteiger partial charge is 0.130 e. The Morgan fingerprint density at radius 1 is 0.864 bits per heavy atom. The minimum Gasteiger partial charge on any atom is -0.365 e. The molecule has 1 aliphatic rings. The molecule has 0 bridgehead atoms. The first-order chi connectivity index (χ1) is 10.8. The Morgan fingerprint density at radius 3 is 2.05 bits per heavy atom. The van der Waals surface area contributed by atoms with Gasteiger partial charge < -0.3 is 4.74 Å². The van der Waals surface area contributed by atoms with Gasteiger partial charge in [-0.2, -0.15) is 0 Å². The summed E-state index contributed by atoms with van der Waals surface area (Å²) in [5.41, 5.74) is 2.80. The van der Waals surface area contributed by atoms with Gasteiger partial charge in [0.05, 0.1) is 12.3 Å². The lowest BCUT2D eigenvalue weighted by molar-refractivity contribution is 0.0722. The van der Waals surface area contributed by atoms with Crippen LogP contribution >= 0.6 is 0 Å². The zero-order chi connectivity index (χ0) is 15.3. The number of ether oxygens (including phenoxy) is 1. The number of methoxy groups -OCH3 is 1. The number of hydrogen-bond donors (Lipinski definition) is 0. The molecule has 0 atom stereocenters. The molecule has 110 valence electrons. The largest absolute Gasteiger partial charge is 0.365 e. The number of benzene rings is 2. The molecule has 3 rings (SSSR count). The molecule has 0 spiro atoms. The van der Waals surface area contributed by atoms with Crippen molar-refractivity contribution in [3.05, 3.63) is 96.1 Å². The van der Waals surface area contributed by atoms with Crippen LogP contribution in [0.5, 0.6) is 0 Å². The van der Waals surface area contributed by atoms with Crippen LogP contribution in [-0.2, 0) is 16.9 Å². The fourth-order valence-corrected chi connectivity index (χ4v) is 2.55. The van der Waals surface area contributed by atoms with E-state index >= 15 is 0 Å². The van der Waals surface area contributed by atoms with Gasteiger partial charge in [0.1, 0.15) is 5.60 Å². The number of nitrogens with zero attached hydrogens (tertiary/aromatic N) is 1. The highest BCUT2D eigenvalue weighted by molar-refractivity contribution is 6.05. The van der Waals surface area contributed by atoms with E-state index in [2.05, 4.69) is 41.4 Å². The van der Waals surface area contributed by atoms with Crippen molar-refractivity contribution in [1.29, 1.82) is 0 Å². The summed E-state index contributed by atoms with van der Waals surface area (Å²) in [7, 11) is 1.73. The second-order valence-electron chi connectivity index (χ2n) is 5.26. The van der Waals surface area contributed by atoms with E-state index in [1.54, 1.807) is 7.11 Å². The van der Waals surface area contributed by atoms with Gasteiger partial charge in [0, 0.05) is 7.11 Å². The van der Waals surface area contributed by atoms with Gasteiger partial charge >= 0.3 is 0 Å². The Labute approximate surface area is 131 Å². The maximum absolute atomic E-state index is 5.75. The minimum absolute atomic E-state index is 0.493. The van der Waals surface area contributed by atoms with Crippen LogP contribution in [0.25, 0.3) is 0 Å². The van der Waals surface area contributed by atoms with E-state index in [9.17, 15) is 0 Å². The van der Waals surface area contributed by atoms with Gasteiger partial charge in [-0.3, -0.25) is 4.99 Å². The molecular weight excluding hydrogens is 270 g/mol. The van der Waals surface area contributed by atoms with Crippen LogP contribution in [0.2, 0.25) is 0 Å². The van der Waals surface area contributed by atoms with E-state index in [1.165, 1.54) is 5.56 Å². The predicted octanol–water partition coefficient (Wildman–Crippen LogP) is 4.30. The Morgan fingerprint density at radius 2 is 1.45 bits per heavy atom. The summed E-state index contributed by atoms with van der Waals surface area (Å²) in [4.78, 5) is 4.63. The van der Waals surface area contributed by atoms with Crippen molar-refractivity contribution in [3.8, 4) is 0 Å². The molecule has 0 saturated carbocycles. The van der Waals surface area contributed by atoms with E-state index in [1.807, 2.05) is 48.6 Å². The van der Waals surface area contributed by atoms with E-state index in [0.717, 1.165) is 11.3 Å². The van der Waals surface area contributed by atoms with Crippen molar-refractivity contribution in [2.24, 2.45) is 4.99 Å². The second-order valence-corrected chi connectivity index (χ2v) is 5.26. The van der Waals surface area contributed by atoms with Crippen molar-refractivity contribution >= 4 is 5.71 Å². The topological polar surface area (TPSA) is 21.6 Å². The molecule has 0 N–H and O–H groups in total. The van der Waals surface area contributed by atoms with E-state index in [0.29, 0.717) is 6.54 Å². The maximum Gasteiger partial charge on any atom is 0.130 e. The van der Waals surface area contributed by atoms with Crippen molar-refractivity contribution in [3.63, 3.8) is 0 Å². The molecule has 0 aromatic heterocycles. The normalized spacial score (nSPS) is 20.1. The standard InChI is InChI=1S/C20H19NO/c1-22-20(18-10-6-3-7-11-18)14-12-19(13-15-20)21-16-17-8-4-2-5-9-17/h2-15H,16H2,1H3. The number of aliphatic imine (C=N–C) groups is 1. The summed E-state index contributed by atoms with van der Waals surface area (Å²) < 4.78 is 5.75. The molecule has 0 aliphatic heterocycles. The van der Waals surface area contributed by atoms with Gasteiger partial charge in [-0.1, -0.05) is 60.7 Å². The van der Waals surface area contributed by atoms with Crippen LogP contribution in [0.1, 0.15) is 11.1 Å². The van der Waals surface area contributed by atoms with Crippen LogP contribution in [-0.4, -0.2) is 12.8 Å². The van der Waals surface area contributed by atoms with Gasteiger partial charge in [0.2, 0.25) is 0 Å². The molecule has 22 heavy (non-hydrogen) atoms. The highest BCUT2D eigenvalue weighted by Crippen LogP contribution is 2.30. The van der Waals surface area contributed by atoms with Gasteiger partial charge in [0.15, 0.2) is 0 Å². The highest BCUT2D eigenvalue weighted by atomic mass is 16.5. The molecule has 0 radical (unpaired) electrons. The molecule has 2 aromatic carbocycles. The number of rotatable bonds is 4. The molecule has 1 aliphatic carbocycles. The number of hydrogen-bond acceptors (Lipinski definition) is 2. The summed E-state index contributed by atoms with van der Waals surface area (Å²) in [6, 6.07) is 20.5. The van der Waals surface area contributed by atoms with Crippen molar-refractivity contribution in [2.75, 3.05) is 7.11 Å². The van der Waals surface area contributed by atoms with Crippen molar-refractivity contribution < 1.29 is 4.74 Å². The predicted molar refractivity (Wildman–Crippen MR) is 91.0 cm³/mol. The van der Waals surface area contributed by atoms with Gasteiger partial charge in [-0.15, -0.1) is 0 Å². The Balaban J connectivity index is 1.78. The second kappa shape index (κ2) is 6.54. The summed E-state index contributed by atoms with van der Waals surface area (Å²) in [5.74, 6) is 0. The van der Waals surface area contributed by atoms with E-state index in [-0.39, 0.29) is 0 Å². The third kappa shape index (κ3) is 3.07. The molecule has 0 fully saturated rings.